The smallest absolute Gasteiger partial charge is 0.250 e. The van der Waals surface area contributed by atoms with Crippen LogP contribution in [0.2, 0.25) is 0 Å². The van der Waals surface area contributed by atoms with E-state index in [1.54, 1.807) is 0 Å². The fraction of sp³-hybridized carbons (Fsp3) is 0.381. The molecule has 1 fully saturated rings. The molecule has 0 bridgehead atoms. The van der Waals surface area contributed by atoms with Gasteiger partial charge in [0, 0.05) is 17.6 Å². The Kier molecular flexibility index (Phi) is 5.85. The van der Waals surface area contributed by atoms with Gasteiger partial charge >= 0.3 is 0 Å². The van der Waals surface area contributed by atoms with Crippen molar-refractivity contribution >= 4 is 51.5 Å². The maximum Gasteiger partial charge on any atom is 0.250 e. The van der Waals surface area contributed by atoms with Gasteiger partial charge < -0.3 is 11.1 Å². The second-order valence-electron chi connectivity index (χ2n) is 7.64. The van der Waals surface area contributed by atoms with Crippen LogP contribution in [0.15, 0.2) is 42.5 Å². The number of rotatable bonds is 4. The zero-order valence-electron chi connectivity index (χ0n) is 15.8. The number of benzene rings is 2. The highest BCUT2D eigenvalue weighted by Crippen LogP contribution is 2.37. The minimum absolute atomic E-state index is 0.0814. The number of hydrogen-bond acceptors (Lipinski definition) is 5. The quantitative estimate of drug-likeness (QED) is 0.506. The van der Waals surface area contributed by atoms with E-state index in [1.807, 2.05) is 36.4 Å². The second-order valence-corrected chi connectivity index (χ2v) is 9.92. The van der Waals surface area contributed by atoms with Crippen molar-refractivity contribution < 1.29 is 0 Å². The molecule has 0 unspecified atom stereocenters. The summed E-state index contributed by atoms with van der Waals surface area (Å²) in [6.45, 7) is 0.563. The minimum atomic E-state index is -1.75. The zero-order chi connectivity index (χ0) is 20.5. The van der Waals surface area contributed by atoms with Crippen molar-refractivity contribution in [1.82, 2.24) is 15.0 Å². The highest BCUT2D eigenvalue weighted by Gasteiger charge is 2.30. The average molecular weight is 451 g/mol. The van der Waals surface area contributed by atoms with Gasteiger partial charge in [-0.1, -0.05) is 90.5 Å². The summed E-state index contributed by atoms with van der Waals surface area (Å²) in [7, 11) is 0. The molecule has 1 heterocycles. The van der Waals surface area contributed by atoms with Gasteiger partial charge in [-0.15, -0.1) is 0 Å². The first-order valence-corrected chi connectivity index (χ1v) is 10.8. The minimum Gasteiger partial charge on any atom is -0.352 e. The van der Waals surface area contributed by atoms with Crippen molar-refractivity contribution in [3.8, 4) is 11.4 Å². The van der Waals surface area contributed by atoms with Crippen LogP contribution in [0.25, 0.3) is 22.2 Å². The fourth-order valence-electron chi connectivity index (χ4n) is 3.73. The summed E-state index contributed by atoms with van der Waals surface area (Å²) in [5.41, 5.74) is 7.08. The van der Waals surface area contributed by atoms with Crippen molar-refractivity contribution in [1.29, 1.82) is 0 Å². The Morgan fingerprint density at radius 3 is 2.38 bits per heavy atom. The Morgan fingerprint density at radius 1 is 0.931 bits per heavy atom. The van der Waals surface area contributed by atoms with Crippen molar-refractivity contribution in [2.75, 3.05) is 11.9 Å². The Labute approximate surface area is 185 Å². The van der Waals surface area contributed by atoms with Crippen LogP contribution in [-0.2, 0) is 3.79 Å². The maximum absolute atomic E-state index is 6.53. The summed E-state index contributed by atoms with van der Waals surface area (Å²) in [6, 6.07) is 14.1. The number of nitrogens with two attached hydrogens (primary N) is 1. The lowest BCUT2D eigenvalue weighted by molar-refractivity contribution is 0.310. The number of halogens is 3. The molecule has 0 atom stereocenters. The molecule has 0 aliphatic heterocycles. The molecular weight excluding hydrogens is 429 g/mol. The molecule has 29 heavy (non-hydrogen) atoms. The number of hydrogen-bond donors (Lipinski definition) is 2. The number of nitrogens with zero attached hydrogens (tertiary/aromatic N) is 3. The number of alkyl halides is 3. The molecule has 0 radical (unpaired) electrons. The predicted molar refractivity (Wildman–Crippen MR) is 120 cm³/mol. The molecule has 3 N–H and O–H groups in total. The second kappa shape index (κ2) is 8.23. The molecule has 5 nitrogen and oxygen atoms in total. The van der Waals surface area contributed by atoms with Crippen LogP contribution in [0.5, 0.6) is 0 Å². The van der Waals surface area contributed by atoms with Gasteiger partial charge in [0.25, 0.3) is 0 Å². The molecule has 1 saturated carbocycles. The van der Waals surface area contributed by atoms with E-state index >= 15 is 0 Å². The summed E-state index contributed by atoms with van der Waals surface area (Å²) in [5.74, 6) is 0.891. The topological polar surface area (TPSA) is 76.7 Å². The van der Waals surface area contributed by atoms with Crippen LogP contribution in [0, 0.1) is 0 Å². The van der Waals surface area contributed by atoms with E-state index in [9.17, 15) is 0 Å². The van der Waals surface area contributed by atoms with E-state index in [0.717, 1.165) is 42.0 Å². The van der Waals surface area contributed by atoms with E-state index < -0.39 is 3.79 Å². The number of fused-ring (bicyclic) bond motifs is 1. The summed E-state index contributed by atoms with van der Waals surface area (Å²) < 4.78 is -1.75. The zero-order valence-corrected chi connectivity index (χ0v) is 18.1. The predicted octanol–water partition coefficient (Wildman–Crippen LogP) is 5.59. The number of nitrogens with one attached hydrogen (secondary N) is 1. The normalized spacial score (nSPS) is 16.7. The van der Waals surface area contributed by atoms with Crippen LogP contribution >= 0.6 is 34.8 Å². The van der Waals surface area contributed by atoms with E-state index in [4.69, 9.17) is 40.5 Å². The highest BCUT2D eigenvalue weighted by molar-refractivity contribution is 6.66. The third kappa shape index (κ3) is 4.92. The molecule has 4 rings (SSSR count). The molecular formula is C21H22Cl3N5. The van der Waals surface area contributed by atoms with Crippen LogP contribution in [0.1, 0.15) is 37.9 Å². The monoisotopic (exact) mass is 449 g/mol. The van der Waals surface area contributed by atoms with Gasteiger partial charge in [0.05, 0.1) is 0 Å². The average Bonchev–Trinajstić information content (AvgIpc) is 2.72. The van der Waals surface area contributed by atoms with Gasteiger partial charge in [-0.25, -0.2) is 4.98 Å². The van der Waals surface area contributed by atoms with E-state index in [1.165, 1.54) is 6.42 Å². The van der Waals surface area contributed by atoms with Crippen molar-refractivity contribution in [2.24, 2.45) is 5.73 Å². The third-order valence-electron chi connectivity index (χ3n) is 5.34. The molecule has 1 aliphatic rings. The van der Waals surface area contributed by atoms with Gasteiger partial charge in [0.2, 0.25) is 9.74 Å². The van der Waals surface area contributed by atoms with Gasteiger partial charge in [0.15, 0.2) is 11.6 Å². The molecule has 0 saturated heterocycles. The maximum atomic E-state index is 6.53. The first kappa shape index (κ1) is 20.6. The van der Waals surface area contributed by atoms with E-state index in [2.05, 4.69) is 26.3 Å². The molecule has 0 amide bonds. The summed E-state index contributed by atoms with van der Waals surface area (Å²) in [4.78, 5) is 13.3. The molecule has 2 aromatic carbocycles. The summed E-state index contributed by atoms with van der Waals surface area (Å²) in [6.07, 6.45) is 5.45. The van der Waals surface area contributed by atoms with Crippen LogP contribution in [0.3, 0.4) is 0 Å². The molecule has 3 aromatic rings. The largest absolute Gasteiger partial charge is 0.352 e. The first-order chi connectivity index (χ1) is 13.8. The van der Waals surface area contributed by atoms with Crippen molar-refractivity contribution in [3.05, 3.63) is 48.3 Å². The molecule has 0 spiro atoms. The fourth-order valence-corrected chi connectivity index (χ4v) is 3.98. The summed E-state index contributed by atoms with van der Waals surface area (Å²) >= 11 is 18.3. The first-order valence-electron chi connectivity index (χ1n) is 9.68. The molecule has 1 aliphatic carbocycles. The Hall–Kier alpha value is -1.66. The highest BCUT2D eigenvalue weighted by atomic mass is 35.6. The van der Waals surface area contributed by atoms with Crippen LogP contribution < -0.4 is 11.1 Å². The van der Waals surface area contributed by atoms with E-state index in [0.29, 0.717) is 18.3 Å². The SMILES string of the molecule is NC1(CNc2nc(-c3ccc4ccccc4c3)nc(C(Cl)(Cl)Cl)n2)CCCCC1. The van der Waals surface area contributed by atoms with Crippen LogP contribution in [-0.4, -0.2) is 27.0 Å². The Balaban J connectivity index is 1.68. The van der Waals surface area contributed by atoms with Crippen molar-refractivity contribution in [3.63, 3.8) is 0 Å². The Bertz CT molecular complexity index is 1010. The molecule has 8 heteroatoms. The Morgan fingerprint density at radius 2 is 1.66 bits per heavy atom. The van der Waals surface area contributed by atoms with Gasteiger partial charge in [-0.3, -0.25) is 0 Å². The number of anilines is 1. The van der Waals surface area contributed by atoms with Gasteiger partial charge in [0.1, 0.15) is 0 Å². The van der Waals surface area contributed by atoms with Gasteiger partial charge in [-0.2, -0.15) is 9.97 Å². The number of aromatic nitrogens is 3. The lowest BCUT2D eigenvalue weighted by atomic mass is 9.82. The van der Waals surface area contributed by atoms with Crippen molar-refractivity contribution in [2.45, 2.75) is 41.4 Å². The molecule has 152 valence electrons. The van der Waals surface area contributed by atoms with Crippen LogP contribution in [0.4, 0.5) is 5.95 Å². The van der Waals surface area contributed by atoms with Gasteiger partial charge in [-0.05, 0) is 29.7 Å². The third-order valence-corrected chi connectivity index (χ3v) is 5.85. The standard InChI is InChI=1S/C21H22Cl3N5/c22-21(23,24)18-27-17(16-9-8-14-6-2-3-7-15(14)12-16)28-19(29-18)26-13-20(25)10-4-1-5-11-20/h2-3,6-9,12H,1,4-5,10-11,13,25H2,(H,26,27,28,29). The summed E-state index contributed by atoms with van der Waals surface area (Å²) in [5, 5.41) is 5.47. The lowest BCUT2D eigenvalue weighted by Gasteiger charge is -2.33. The molecule has 1 aromatic heterocycles. The lowest BCUT2D eigenvalue weighted by Crippen LogP contribution is -2.47. The van der Waals surface area contributed by atoms with E-state index in [-0.39, 0.29) is 11.4 Å².